The van der Waals surface area contributed by atoms with Crippen LogP contribution in [0, 0.1) is 5.92 Å². The van der Waals surface area contributed by atoms with E-state index in [0.29, 0.717) is 12.5 Å². The number of carbonyl (C=O) groups is 1. The third-order valence-electron chi connectivity index (χ3n) is 4.97. The first-order chi connectivity index (χ1) is 13.1. The molecule has 1 aliphatic rings. The number of halogens is 1. The lowest BCUT2D eigenvalue weighted by Crippen LogP contribution is -2.40. The van der Waals surface area contributed by atoms with E-state index in [0.717, 1.165) is 35.3 Å². The maximum atomic E-state index is 12.3. The monoisotopic (exact) mass is 431 g/mol. The highest BCUT2D eigenvalue weighted by molar-refractivity contribution is 9.10. The molecule has 2 atom stereocenters. The van der Waals surface area contributed by atoms with Crippen molar-refractivity contribution < 1.29 is 9.53 Å². The second-order valence-electron chi connectivity index (χ2n) is 6.90. The van der Waals surface area contributed by atoms with Gasteiger partial charge in [-0.05, 0) is 43.0 Å². The Balaban J connectivity index is 1.46. The van der Waals surface area contributed by atoms with Gasteiger partial charge in [-0.2, -0.15) is 0 Å². The number of hydrogen-bond acceptors (Lipinski definition) is 3. The number of benzene rings is 2. The fourth-order valence-corrected chi connectivity index (χ4v) is 4.06. The Bertz CT molecular complexity index is 784. The Labute approximate surface area is 169 Å². The van der Waals surface area contributed by atoms with Gasteiger partial charge in [0, 0.05) is 35.9 Å². The molecule has 27 heavy (non-hydrogen) atoms. The van der Waals surface area contributed by atoms with E-state index in [4.69, 9.17) is 4.74 Å². The number of nitrogens with one attached hydrogen (secondary N) is 2. The van der Waals surface area contributed by atoms with Crippen molar-refractivity contribution in [2.45, 2.75) is 19.4 Å². The largest absolute Gasteiger partial charge is 0.497 e. The third-order valence-corrected chi connectivity index (χ3v) is 5.70. The van der Waals surface area contributed by atoms with Gasteiger partial charge in [0.15, 0.2) is 0 Å². The molecule has 0 bridgehead atoms. The quantitative estimate of drug-likeness (QED) is 0.714. The number of methoxy groups -OCH3 is 1. The predicted octanol–water partition coefficient (Wildman–Crippen LogP) is 4.34. The Hall–Kier alpha value is -2.21. The predicted molar refractivity (Wildman–Crippen MR) is 112 cm³/mol. The lowest BCUT2D eigenvalue weighted by molar-refractivity contribution is 0.236. The second-order valence-corrected chi connectivity index (χ2v) is 7.75. The summed E-state index contributed by atoms with van der Waals surface area (Å²) in [5, 5.41) is 6.03. The molecule has 2 unspecified atom stereocenters. The van der Waals surface area contributed by atoms with E-state index >= 15 is 0 Å². The maximum absolute atomic E-state index is 12.3. The summed E-state index contributed by atoms with van der Waals surface area (Å²) in [5.74, 6) is 1.32. The molecule has 2 amide bonds. The van der Waals surface area contributed by atoms with Gasteiger partial charge in [0.1, 0.15) is 5.75 Å². The first-order valence-corrected chi connectivity index (χ1v) is 10.0. The molecule has 2 aromatic rings. The third kappa shape index (κ3) is 5.16. The van der Waals surface area contributed by atoms with Crippen molar-refractivity contribution in [1.82, 2.24) is 10.6 Å². The molecule has 0 aliphatic carbocycles. The highest BCUT2D eigenvalue weighted by Crippen LogP contribution is 2.26. The maximum Gasteiger partial charge on any atom is 0.315 e. The molecule has 5 nitrogen and oxygen atoms in total. The fraction of sp³-hybridized carbons (Fsp3) is 0.381. The van der Waals surface area contributed by atoms with Crippen LogP contribution < -0.4 is 20.3 Å². The molecule has 1 fully saturated rings. The first kappa shape index (κ1) is 19.5. The van der Waals surface area contributed by atoms with E-state index in [1.807, 2.05) is 43.3 Å². The fourth-order valence-electron chi connectivity index (χ4n) is 3.43. The minimum atomic E-state index is -0.127. The van der Waals surface area contributed by atoms with E-state index < -0.39 is 0 Å². The molecule has 0 spiro atoms. The zero-order valence-corrected chi connectivity index (χ0v) is 17.3. The zero-order valence-electron chi connectivity index (χ0n) is 15.7. The summed E-state index contributed by atoms with van der Waals surface area (Å²) < 4.78 is 6.31. The molecule has 0 aromatic heterocycles. The van der Waals surface area contributed by atoms with Gasteiger partial charge in [0.05, 0.1) is 13.2 Å². The van der Waals surface area contributed by atoms with Gasteiger partial charge in [0.25, 0.3) is 0 Å². The van der Waals surface area contributed by atoms with Crippen molar-refractivity contribution in [3.63, 3.8) is 0 Å². The number of anilines is 1. The number of amides is 2. The number of hydrogen-bond donors (Lipinski definition) is 2. The summed E-state index contributed by atoms with van der Waals surface area (Å²) in [5.41, 5.74) is 2.24. The van der Waals surface area contributed by atoms with E-state index in [1.54, 1.807) is 7.11 Å². The second kappa shape index (κ2) is 9.13. The van der Waals surface area contributed by atoms with E-state index in [1.165, 1.54) is 5.69 Å². The summed E-state index contributed by atoms with van der Waals surface area (Å²) in [6.07, 6.45) is 1.07. The van der Waals surface area contributed by atoms with Crippen LogP contribution in [0.5, 0.6) is 5.75 Å². The topological polar surface area (TPSA) is 53.6 Å². The van der Waals surface area contributed by atoms with Crippen LogP contribution in [-0.2, 0) is 0 Å². The van der Waals surface area contributed by atoms with Gasteiger partial charge < -0.3 is 20.3 Å². The highest BCUT2D eigenvalue weighted by Gasteiger charge is 2.23. The van der Waals surface area contributed by atoms with E-state index in [-0.39, 0.29) is 12.1 Å². The number of carbonyl (C=O) groups excluding carboxylic acids is 1. The Morgan fingerprint density at radius 1 is 1.30 bits per heavy atom. The molecule has 1 aliphatic heterocycles. The molecular weight excluding hydrogens is 406 g/mol. The summed E-state index contributed by atoms with van der Waals surface area (Å²) >= 11 is 3.53. The van der Waals surface area contributed by atoms with Gasteiger partial charge >= 0.3 is 6.03 Å². The average Bonchev–Trinajstić information content (AvgIpc) is 3.16. The SMILES string of the molecule is COc1cccc(N2CCC(CNC(=O)NC(C)c3ccccc3Br)C2)c1. The highest BCUT2D eigenvalue weighted by atomic mass is 79.9. The van der Waals surface area contributed by atoms with Crippen LogP contribution in [0.4, 0.5) is 10.5 Å². The molecule has 1 heterocycles. The van der Waals surface area contributed by atoms with Crippen LogP contribution >= 0.6 is 15.9 Å². The van der Waals surface area contributed by atoms with Gasteiger partial charge in [-0.3, -0.25) is 0 Å². The number of rotatable bonds is 6. The standard InChI is InChI=1S/C21H26BrN3O2/c1-15(19-8-3-4-9-20(19)22)24-21(26)23-13-16-10-11-25(14-16)17-6-5-7-18(12-17)27-2/h3-9,12,15-16H,10-11,13-14H2,1-2H3,(H2,23,24,26). The molecule has 3 rings (SSSR count). The van der Waals surface area contributed by atoms with Crippen LogP contribution in [0.2, 0.25) is 0 Å². The first-order valence-electron chi connectivity index (χ1n) is 9.24. The van der Waals surface area contributed by atoms with Crippen molar-refractivity contribution in [2.24, 2.45) is 5.92 Å². The zero-order chi connectivity index (χ0) is 19.2. The van der Waals surface area contributed by atoms with Crippen molar-refractivity contribution in [1.29, 1.82) is 0 Å². The van der Waals surface area contributed by atoms with Crippen LogP contribution in [0.25, 0.3) is 0 Å². The Morgan fingerprint density at radius 3 is 2.89 bits per heavy atom. The van der Waals surface area contributed by atoms with Crippen LogP contribution in [0.1, 0.15) is 24.9 Å². The van der Waals surface area contributed by atoms with Crippen molar-refractivity contribution in [3.8, 4) is 5.75 Å². The van der Waals surface area contributed by atoms with Crippen molar-refractivity contribution in [2.75, 3.05) is 31.6 Å². The number of urea groups is 1. The lowest BCUT2D eigenvalue weighted by atomic mass is 10.1. The van der Waals surface area contributed by atoms with Gasteiger partial charge in [-0.1, -0.05) is 40.2 Å². The minimum Gasteiger partial charge on any atom is -0.497 e. The van der Waals surface area contributed by atoms with Crippen molar-refractivity contribution >= 4 is 27.6 Å². The van der Waals surface area contributed by atoms with Gasteiger partial charge in [-0.15, -0.1) is 0 Å². The number of nitrogens with zero attached hydrogens (tertiary/aromatic N) is 1. The Kier molecular flexibility index (Phi) is 6.61. The molecule has 6 heteroatoms. The minimum absolute atomic E-state index is 0.0579. The van der Waals surface area contributed by atoms with Gasteiger partial charge in [-0.25, -0.2) is 4.79 Å². The van der Waals surface area contributed by atoms with Crippen LogP contribution in [-0.4, -0.2) is 32.8 Å². The molecule has 2 aromatic carbocycles. The Morgan fingerprint density at radius 2 is 2.11 bits per heavy atom. The van der Waals surface area contributed by atoms with E-state index in [9.17, 15) is 4.79 Å². The van der Waals surface area contributed by atoms with E-state index in [2.05, 4.69) is 43.6 Å². The molecule has 0 saturated carbocycles. The molecular formula is C21H26BrN3O2. The average molecular weight is 432 g/mol. The smallest absolute Gasteiger partial charge is 0.315 e. The normalized spacial score (nSPS) is 17.4. The summed E-state index contributed by atoms with van der Waals surface area (Å²) in [6, 6.07) is 15.9. The summed E-state index contributed by atoms with van der Waals surface area (Å²) in [6.45, 7) is 4.59. The number of ether oxygens (including phenoxy) is 1. The molecule has 1 saturated heterocycles. The molecule has 144 valence electrons. The molecule has 0 radical (unpaired) electrons. The summed E-state index contributed by atoms with van der Waals surface area (Å²) in [7, 11) is 1.68. The summed E-state index contributed by atoms with van der Waals surface area (Å²) in [4.78, 5) is 14.6. The van der Waals surface area contributed by atoms with Crippen LogP contribution in [0.3, 0.4) is 0 Å². The molecule has 2 N–H and O–H groups in total. The van der Waals surface area contributed by atoms with Crippen LogP contribution in [0.15, 0.2) is 53.0 Å². The van der Waals surface area contributed by atoms with Gasteiger partial charge in [0.2, 0.25) is 0 Å². The lowest BCUT2D eigenvalue weighted by Gasteiger charge is -2.20. The van der Waals surface area contributed by atoms with Crippen molar-refractivity contribution in [3.05, 3.63) is 58.6 Å².